The molecule has 1 aromatic carbocycles. The van der Waals surface area contributed by atoms with Crippen LogP contribution < -0.4 is 0 Å². The van der Waals surface area contributed by atoms with Gasteiger partial charge in [0, 0.05) is 6.04 Å². The van der Waals surface area contributed by atoms with Crippen molar-refractivity contribution in [2.24, 2.45) is 0 Å². The van der Waals surface area contributed by atoms with Gasteiger partial charge in [0.25, 0.3) is 0 Å². The summed E-state index contributed by atoms with van der Waals surface area (Å²) in [6.07, 6.45) is 13.3. The highest BCUT2D eigenvalue weighted by Crippen LogP contribution is 2.29. The molecule has 1 heterocycles. The third-order valence-corrected chi connectivity index (χ3v) is 5.53. The van der Waals surface area contributed by atoms with Gasteiger partial charge in [-0.15, -0.1) is 0 Å². The number of carbonyl (C=O) groups excluding carboxylic acids is 1. The Kier molecular flexibility index (Phi) is 9.76. The topological polar surface area (TPSA) is 29.5 Å². The lowest BCUT2D eigenvalue weighted by molar-refractivity contribution is -0.164. The van der Waals surface area contributed by atoms with Crippen LogP contribution in [0.5, 0.6) is 0 Å². The molecule has 1 aromatic rings. The fraction of sp³-hybridized carbons (Fsp3) is 0.696. The van der Waals surface area contributed by atoms with Crippen LogP contribution in [0.1, 0.15) is 89.7 Å². The predicted molar refractivity (Wildman–Crippen MR) is 108 cm³/mol. The van der Waals surface area contributed by atoms with Gasteiger partial charge in [0.15, 0.2) is 0 Å². The summed E-state index contributed by atoms with van der Waals surface area (Å²) in [5.74, 6) is -0.0935. The molecule has 3 heteroatoms. The Morgan fingerprint density at radius 2 is 1.50 bits per heavy atom. The summed E-state index contributed by atoms with van der Waals surface area (Å²) in [5, 5.41) is 0. The highest BCUT2D eigenvalue weighted by molar-refractivity contribution is 5.73. The summed E-state index contributed by atoms with van der Waals surface area (Å²) >= 11 is 0. The van der Waals surface area contributed by atoms with Crippen molar-refractivity contribution in [3.63, 3.8) is 0 Å². The minimum Gasteiger partial charge on any atom is -0.455 e. The predicted octanol–water partition coefficient (Wildman–Crippen LogP) is 5.90. The number of hydrogen-bond acceptors (Lipinski definition) is 3. The van der Waals surface area contributed by atoms with Gasteiger partial charge < -0.3 is 4.74 Å². The van der Waals surface area contributed by atoms with Gasteiger partial charge in [-0.05, 0) is 25.5 Å². The molecule has 0 spiro atoms. The minimum absolute atomic E-state index is 0.0935. The van der Waals surface area contributed by atoms with E-state index < -0.39 is 0 Å². The molecule has 0 radical (unpaired) electrons. The number of ether oxygens (including phenoxy) is 1. The number of rotatable bonds is 12. The van der Waals surface area contributed by atoms with Crippen LogP contribution in [-0.4, -0.2) is 30.0 Å². The van der Waals surface area contributed by atoms with Gasteiger partial charge in [-0.1, -0.05) is 95.0 Å². The fourth-order valence-corrected chi connectivity index (χ4v) is 3.85. The van der Waals surface area contributed by atoms with Gasteiger partial charge in [-0.3, -0.25) is 9.69 Å². The van der Waals surface area contributed by atoms with E-state index in [-0.39, 0.29) is 18.1 Å². The molecule has 1 aliphatic heterocycles. The molecular weight excluding hydrogens is 322 g/mol. The van der Waals surface area contributed by atoms with Crippen molar-refractivity contribution >= 4 is 5.97 Å². The zero-order valence-corrected chi connectivity index (χ0v) is 16.8. The Labute approximate surface area is 160 Å². The molecule has 0 unspecified atom stereocenters. The molecule has 0 aromatic heterocycles. The third kappa shape index (κ3) is 7.11. The Morgan fingerprint density at radius 1 is 0.923 bits per heavy atom. The maximum Gasteiger partial charge on any atom is 0.320 e. The summed E-state index contributed by atoms with van der Waals surface area (Å²) < 4.78 is 5.63. The van der Waals surface area contributed by atoms with Crippen LogP contribution in [-0.2, 0) is 9.53 Å². The molecular formula is C23H37NO2. The zero-order chi connectivity index (χ0) is 18.6. The van der Waals surface area contributed by atoms with Crippen molar-refractivity contribution in [2.75, 3.05) is 13.1 Å². The molecule has 26 heavy (non-hydrogen) atoms. The van der Waals surface area contributed by atoms with Gasteiger partial charge >= 0.3 is 5.97 Å². The molecule has 2 rings (SSSR count). The Bertz CT molecular complexity index is 502. The number of esters is 1. The first kappa shape index (κ1) is 21.0. The van der Waals surface area contributed by atoms with Crippen LogP contribution in [0.2, 0.25) is 0 Å². The number of morpholine rings is 1. The largest absolute Gasteiger partial charge is 0.455 e. The van der Waals surface area contributed by atoms with E-state index in [1.165, 1.54) is 64.2 Å². The number of hydrogen-bond donors (Lipinski definition) is 0. The second kappa shape index (κ2) is 12.1. The molecule has 3 nitrogen and oxygen atoms in total. The van der Waals surface area contributed by atoms with Crippen LogP contribution >= 0.6 is 0 Å². The van der Waals surface area contributed by atoms with Gasteiger partial charge in [0.2, 0.25) is 0 Å². The maximum absolute atomic E-state index is 12.0. The highest BCUT2D eigenvalue weighted by Gasteiger charge is 2.34. The summed E-state index contributed by atoms with van der Waals surface area (Å²) in [6.45, 7) is 5.88. The van der Waals surface area contributed by atoms with Gasteiger partial charge in [0.1, 0.15) is 6.10 Å². The standard InChI is InChI=1S/C23H37NO2/c1-3-4-5-6-7-8-9-10-11-15-18-24-19-22(25)26-23(20(24)2)21-16-13-12-14-17-21/h12-14,16-17,20,23H,3-11,15,18-19H2,1-2H3/t20-,23-/m1/s1. The number of unbranched alkanes of at least 4 members (excludes halogenated alkanes) is 9. The van der Waals surface area contributed by atoms with Gasteiger partial charge in [0.05, 0.1) is 6.54 Å². The van der Waals surface area contributed by atoms with Crippen LogP contribution in [0, 0.1) is 0 Å². The summed E-state index contributed by atoms with van der Waals surface area (Å²) in [6, 6.07) is 10.4. The summed E-state index contributed by atoms with van der Waals surface area (Å²) in [7, 11) is 0. The van der Waals surface area contributed by atoms with Crippen molar-refractivity contribution < 1.29 is 9.53 Å². The van der Waals surface area contributed by atoms with E-state index in [2.05, 4.69) is 30.9 Å². The molecule has 1 fully saturated rings. The maximum atomic E-state index is 12.0. The average Bonchev–Trinajstić information content (AvgIpc) is 2.66. The molecule has 0 amide bonds. The zero-order valence-electron chi connectivity index (χ0n) is 16.8. The highest BCUT2D eigenvalue weighted by atomic mass is 16.5. The minimum atomic E-state index is -0.138. The van der Waals surface area contributed by atoms with E-state index in [4.69, 9.17) is 4.74 Å². The monoisotopic (exact) mass is 359 g/mol. The number of carbonyl (C=O) groups is 1. The van der Waals surface area contributed by atoms with E-state index in [1.807, 2.05) is 18.2 Å². The van der Waals surface area contributed by atoms with E-state index in [1.54, 1.807) is 0 Å². The SMILES string of the molecule is CCCCCCCCCCCCN1CC(=O)O[C@@H](c2ccccc2)[C@H]1C. The average molecular weight is 360 g/mol. The molecule has 0 bridgehead atoms. The van der Waals surface area contributed by atoms with Crippen LogP contribution in [0.4, 0.5) is 0 Å². The number of nitrogens with zero attached hydrogens (tertiary/aromatic N) is 1. The molecule has 0 saturated carbocycles. The summed E-state index contributed by atoms with van der Waals surface area (Å²) in [4.78, 5) is 14.3. The Balaban J connectivity index is 1.63. The van der Waals surface area contributed by atoms with Crippen molar-refractivity contribution in [2.45, 2.75) is 90.2 Å². The van der Waals surface area contributed by atoms with Crippen molar-refractivity contribution in [1.29, 1.82) is 0 Å². The quantitative estimate of drug-likeness (QED) is 0.344. The van der Waals surface area contributed by atoms with E-state index in [0.717, 1.165) is 12.1 Å². The van der Waals surface area contributed by atoms with Crippen LogP contribution in [0.3, 0.4) is 0 Å². The van der Waals surface area contributed by atoms with E-state index >= 15 is 0 Å². The second-order valence-electron chi connectivity index (χ2n) is 7.71. The van der Waals surface area contributed by atoms with Gasteiger partial charge in [-0.25, -0.2) is 0 Å². The first-order chi connectivity index (χ1) is 12.7. The van der Waals surface area contributed by atoms with Crippen LogP contribution in [0.25, 0.3) is 0 Å². The van der Waals surface area contributed by atoms with Crippen molar-refractivity contribution in [3.8, 4) is 0 Å². The normalized spacial score (nSPS) is 20.9. The fourth-order valence-electron chi connectivity index (χ4n) is 3.85. The lowest BCUT2D eigenvalue weighted by Gasteiger charge is -2.38. The van der Waals surface area contributed by atoms with Crippen molar-refractivity contribution in [1.82, 2.24) is 4.90 Å². The lowest BCUT2D eigenvalue weighted by Crippen LogP contribution is -2.48. The summed E-state index contributed by atoms with van der Waals surface area (Å²) in [5.41, 5.74) is 1.10. The van der Waals surface area contributed by atoms with E-state index in [9.17, 15) is 4.79 Å². The first-order valence-corrected chi connectivity index (χ1v) is 10.7. The second-order valence-corrected chi connectivity index (χ2v) is 7.71. The third-order valence-electron chi connectivity index (χ3n) is 5.53. The molecule has 146 valence electrons. The molecule has 0 N–H and O–H groups in total. The van der Waals surface area contributed by atoms with Crippen LogP contribution in [0.15, 0.2) is 30.3 Å². The molecule has 1 saturated heterocycles. The Morgan fingerprint density at radius 3 is 2.12 bits per heavy atom. The van der Waals surface area contributed by atoms with E-state index in [0.29, 0.717) is 6.54 Å². The lowest BCUT2D eigenvalue weighted by atomic mass is 10.00. The Hall–Kier alpha value is -1.35. The number of benzene rings is 1. The number of cyclic esters (lactones) is 1. The van der Waals surface area contributed by atoms with Gasteiger partial charge in [-0.2, -0.15) is 0 Å². The van der Waals surface area contributed by atoms with Crippen molar-refractivity contribution in [3.05, 3.63) is 35.9 Å². The molecule has 2 atom stereocenters. The first-order valence-electron chi connectivity index (χ1n) is 10.7. The molecule has 0 aliphatic carbocycles. The molecule has 1 aliphatic rings. The smallest absolute Gasteiger partial charge is 0.320 e.